The maximum atomic E-state index is 10.7. The molecule has 1 rings (SSSR count). The van der Waals surface area contributed by atoms with Gasteiger partial charge in [-0.2, -0.15) is 5.26 Å². The Bertz CT molecular complexity index is 477. The summed E-state index contributed by atoms with van der Waals surface area (Å²) < 4.78 is 5.11. The first-order chi connectivity index (χ1) is 9.12. The molecule has 1 unspecified atom stereocenters. The number of rotatable bonds is 7. The Labute approximate surface area is 112 Å². The van der Waals surface area contributed by atoms with E-state index in [9.17, 15) is 10.1 Å². The van der Waals surface area contributed by atoms with E-state index in [1.165, 1.54) is 6.07 Å². The molecule has 1 N–H and O–H groups in total. The van der Waals surface area contributed by atoms with E-state index in [1.54, 1.807) is 19.2 Å². The normalized spacial score (nSPS) is 11.8. The molecule has 0 aliphatic heterocycles. The van der Waals surface area contributed by atoms with Crippen LogP contribution in [0.1, 0.15) is 18.1 Å². The average molecular weight is 263 g/mol. The number of ether oxygens (including phenoxy) is 1. The topological polar surface area (TPSA) is 88.2 Å². The van der Waals surface area contributed by atoms with Crippen LogP contribution in [0.5, 0.6) is 0 Å². The van der Waals surface area contributed by atoms with Crippen LogP contribution in [0, 0.1) is 21.4 Å². The molecule has 0 bridgehead atoms. The fourth-order valence-electron chi connectivity index (χ4n) is 1.92. The number of likely N-dealkylation sites (N-methyl/N-ethyl adjacent to an activating group) is 1. The number of hydrogen-bond donors (Lipinski definition) is 1. The van der Waals surface area contributed by atoms with Crippen molar-refractivity contribution in [3.63, 3.8) is 0 Å². The Morgan fingerprint density at radius 1 is 1.58 bits per heavy atom. The van der Waals surface area contributed by atoms with Crippen LogP contribution in [0.4, 0.5) is 5.69 Å². The number of methoxy groups -OCH3 is 1. The van der Waals surface area contributed by atoms with E-state index in [1.807, 2.05) is 13.0 Å². The van der Waals surface area contributed by atoms with Gasteiger partial charge in [0.05, 0.1) is 11.5 Å². The molecule has 0 aromatic heterocycles. The average Bonchev–Trinajstić information content (AvgIpc) is 2.38. The van der Waals surface area contributed by atoms with Crippen LogP contribution in [-0.4, -0.2) is 31.2 Å². The Kier molecular flexibility index (Phi) is 5.93. The van der Waals surface area contributed by atoms with Gasteiger partial charge in [-0.25, -0.2) is 0 Å². The van der Waals surface area contributed by atoms with Gasteiger partial charge in [-0.1, -0.05) is 13.0 Å². The highest BCUT2D eigenvalue weighted by Crippen LogP contribution is 2.19. The molecule has 1 aromatic carbocycles. The molecule has 0 saturated carbocycles. The largest absolute Gasteiger partial charge is 0.383 e. The summed E-state index contributed by atoms with van der Waals surface area (Å²) in [5, 5.41) is 22.9. The van der Waals surface area contributed by atoms with Gasteiger partial charge in [-0.3, -0.25) is 10.1 Å². The van der Waals surface area contributed by atoms with Crippen LogP contribution in [0.15, 0.2) is 18.2 Å². The van der Waals surface area contributed by atoms with Crippen molar-refractivity contribution in [3.05, 3.63) is 39.4 Å². The van der Waals surface area contributed by atoms with Gasteiger partial charge in [0.15, 0.2) is 0 Å². The van der Waals surface area contributed by atoms with Crippen molar-refractivity contribution in [1.29, 1.82) is 5.26 Å². The van der Waals surface area contributed by atoms with Crippen LogP contribution in [0.2, 0.25) is 0 Å². The van der Waals surface area contributed by atoms with Gasteiger partial charge in [0.1, 0.15) is 11.6 Å². The van der Waals surface area contributed by atoms with Crippen LogP contribution in [-0.2, 0) is 11.2 Å². The van der Waals surface area contributed by atoms with Gasteiger partial charge >= 0.3 is 0 Å². The van der Waals surface area contributed by atoms with E-state index in [2.05, 4.69) is 5.32 Å². The lowest BCUT2D eigenvalue weighted by molar-refractivity contribution is -0.385. The lowest BCUT2D eigenvalue weighted by atomic mass is 10.0. The van der Waals surface area contributed by atoms with Crippen LogP contribution in [0.3, 0.4) is 0 Å². The second-order valence-electron chi connectivity index (χ2n) is 4.13. The van der Waals surface area contributed by atoms with Gasteiger partial charge in [0.2, 0.25) is 0 Å². The molecule has 6 nitrogen and oxygen atoms in total. The predicted molar refractivity (Wildman–Crippen MR) is 70.9 cm³/mol. The highest BCUT2D eigenvalue weighted by atomic mass is 16.6. The number of nitriles is 1. The van der Waals surface area contributed by atoms with Crippen molar-refractivity contribution in [2.24, 2.45) is 0 Å². The molecule has 0 spiro atoms. The van der Waals surface area contributed by atoms with Crippen molar-refractivity contribution >= 4 is 5.69 Å². The molecule has 0 saturated heterocycles. The standard InChI is InChI=1S/C13H17N3O3/c1-3-15-12(9-19-2)7-10-4-5-13(16(17)18)11(6-10)8-14/h4-6,12,15H,3,7,9H2,1-2H3. The monoisotopic (exact) mass is 263 g/mol. The molecule has 19 heavy (non-hydrogen) atoms. The molecular formula is C13H17N3O3. The summed E-state index contributed by atoms with van der Waals surface area (Å²) in [5.41, 5.74) is 0.818. The van der Waals surface area contributed by atoms with E-state index in [0.717, 1.165) is 12.1 Å². The maximum absolute atomic E-state index is 10.7. The van der Waals surface area contributed by atoms with Gasteiger partial charge in [0.25, 0.3) is 5.69 Å². The van der Waals surface area contributed by atoms with Gasteiger partial charge < -0.3 is 10.1 Å². The number of nitrogens with one attached hydrogen (secondary N) is 1. The molecule has 6 heteroatoms. The lowest BCUT2D eigenvalue weighted by Gasteiger charge is -2.16. The zero-order valence-corrected chi connectivity index (χ0v) is 11.0. The summed E-state index contributed by atoms with van der Waals surface area (Å²) in [6.07, 6.45) is 0.661. The summed E-state index contributed by atoms with van der Waals surface area (Å²) in [4.78, 5) is 10.2. The number of nitro groups is 1. The summed E-state index contributed by atoms with van der Waals surface area (Å²) in [6, 6.07) is 6.61. The van der Waals surface area contributed by atoms with E-state index in [0.29, 0.717) is 13.0 Å². The molecule has 1 aromatic rings. The van der Waals surface area contributed by atoms with E-state index >= 15 is 0 Å². The minimum absolute atomic E-state index is 0.0927. The molecule has 0 aliphatic carbocycles. The van der Waals surface area contributed by atoms with Gasteiger partial charge in [0, 0.05) is 19.2 Å². The molecule has 1 atom stereocenters. The highest BCUT2D eigenvalue weighted by Gasteiger charge is 2.15. The van der Waals surface area contributed by atoms with Crippen LogP contribution in [0.25, 0.3) is 0 Å². The predicted octanol–water partition coefficient (Wildman–Crippen LogP) is 1.63. The number of hydrogen-bond acceptors (Lipinski definition) is 5. The van der Waals surface area contributed by atoms with E-state index in [4.69, 9.17) is 10.00 Å². The van der Waals surface area contributed by atoms with E-state index < -0.39 is 4.92 Å². The van der Waals surface area contributed by atoms with Crippen molar-refractivity contribution in [3.8, 4) is 6.07 Å². The minimum Gasteiger partial charge on any atom is -0.383 e. The quantitative estimate of drug-likeness (QED) is 0.596. The molecule has 0 fully saturated rings. The van der Waals surface area contributed by atoms with Crippen molar-refractivity contribution < 1.29 is 9.66 Å². The first-order valence-electron chi connectivity index (χ1n) is 6.02. The zero-order chi connectivity index (χ0) is 14.3. The number of benzene rings is 1. The summed E-state index contributed by atoms with van der Waals surface area (Å²) in [7, 11) is 1.63. The van der Waals surface area contributed by atoms with Crippen LogP contribution >= 0.6 is 0 Å². The van der Waals surface area contributed by atoms with Crippen LogP contribution < -0.4 is 5.32 Å². The molecule has 0 radical (unpaired) electrons. The Hall–Kier alpha value is -1.97. The zero-order valence-electron chi connectivity index (χ0n) is 11.0. The third kappa shape index (κ3) is 4.32. The summed E-state index contributed by atoms with van der Waals surface area (Å²) >= 11 is 0. The molecule has 0 amide bonds. The summed E-state index contributed by atoms with van der Waals surface area (Å²) in [5.74, 6) is 0. The third-order valence-electron chi connectivity index (χ3n) is 2.72. The van der Waals surface area contributed by atoms with Crippen molar-refractivity contribution in [1.82, 2.24) is 5.32 Å². The Morgan fingerprint density at radius 2 is 2.32 bits per heavy atom. The molecule has 0 heterocycles. The Balaban J connectivity index is 2.90. The van der Waals surface area contributed by atoms with Crippen molar-refractivity contribution in [2.45, 2.75) is 19.4 Å². The van der Waals surface area contributed by atoms with Gasteiger partial charge in [-0.05, 0) is 24.6 Å². The van der Waals surface area contributed by atoms with Crippen molar-refractivity contribution in [2.75, 3.05) is 20.3 Å². The van der Waals surface area contributed by atoms with E-state index in [-0.39, 0.29) is 17.3 Å². The molecule has 102 valence electrons. The smallest absolute Gasteiger partial charge is 0.287 e. The Morgan fingerprint density at radius 3 is 2.84 bits per heavy atom. The number of nitro benzene ring substituents is 1. The minimum atomic E-state index is -0.542. The fraction of sp³-hybridized carbons (Fsp3) is 0.462. The third-order valence-corrected chi connectivity index (χ3v) is 2.72. The maximum Gasteiger partial charge on any atom is 0.287 e. The second kappa shape index (κ2) is 7.46. The first-order valence-corrected chi connectivity index (χ1v) is 6.02. The summed E-state index contributed by atoms with van der Waals surface area (Å²) in [6.45, 7) is 3.36. The fourth-order valence-corrected chi connectivity index (χ4v) is 1.92. The lowest BCUT2D eigenvalue weighted by Crippen LogP contribution is -2.34. The molecule has 0 aliphatic rings. The first kappa shape index (κ1) is 15.1. The highest BCUT2D eigenvalue weighted by molar-refractivity contribution is 5.50. The SMILES string of the molecule is CCNC(COC)Cc1ccc([N+](=O)[O-])c(C#N)c1. The van der Waals surface area contributed by atoms with Gasteiger partial charge in [-0.15, -0.1) is 0 Å². The second-order valence-corrected chi connectivity index (χ2v) is 4.13. The number of nitrogens with zero attached hydrogens (tertiary/aromatic N) is 2. The molecular weight excluding hydrogens is 246 g/mol.